The minimum atomic E-state index is -3.54. The molecule has 35 heavy (non-hydrogen) atoms. The highest BCUT2D eigenvalue weighted by atomic mass is 32.2. The zero-order chi connectivity index (χ0) is 25.2. The Bertz CT molecular complexity index is 944. The summed E-state index contributed by atoms with van der Waals surface area (Å²) in [5.74, 6) is 2.37. The molecule has 4 rings (SSSR count). The van der Waals surface area contributed by atoms with Gasteiger partial charge in [-0.2, -0.15) is 0 Å². The van der Waals surface area contributed by atoms with E-state index in [1.54, 1.807) is 12.1 Å². The highest BCUT2D eigenvalue weighted by molar-refractivity contribution is 8.01. The number of benzene rings is 1. The molecule has 2 N–H and O–H groups in total. The molecule has 1 aromatic carbocycles. The number of rotatable bonds is 10. The van der Waals surface area contributed by atoms with Crippen molar-refractivity contribution in [3.05, 3.63) is 23.3 Å². The van der Waals surface area contributed by atoms with E-state index < -0.39 is 10.0 Å². The predicted octanol–water partition coefficient (Wildman–Crippen LogP) is 3.46. The van der Waals surface area contributed by atoms with Crippen LogP contribution in [0.2, 0.25) is 0 Å². The van der Waals surface area contributed by atoms with E-state index in [-0.39, 0.29) is 0 Å². The van der Waals surface area contributed by atoms with E-state index in [1.807, 2.05) is 32.5 Å². The topological polar surface area (TPSA) is 73.9 Å². The van der Waals surface area contributed by atoms with E-state index in [0.717, 1.165) is 49.4 Å². The summed E-state index contributed by atoms with van der Waals surface area (Å²) in [4.78, 5) is 5.58. The van der Waals surface area contributed by atoms with E-state index >= 15 is 0 Å². The highest BCUT2D eigenvalue weighted by Gasteiger charge is 2.44. The van der Waals surface area contributed by atoms with Gasteiger partial charge in [0.05, 0.1) is 16.9 Å². The van der Waals surface area contributed by atoms with Crippen LogP contribution in [0.25, 0.3) is 0 Å². The summed E-state index contributed by atoms with van der Waals surface area (Å²) in [6, 6.07) is 3.98. The quantitative estimate of drug-likeness (QED) is 0.466. The Morgan fingerprint density at radius 3 is 2.51 bits per heavy atom. The molecule has 3 unspecified atom stereocenters. The molecular weight excluding hydrogens is 501 g/mol. The third-order valence-corrected chi connectivity index (χ3v) is 11.0. The molecule has 10 heteroatoms. The van der Waals surface area contributed by atoms with Crippen molar-refractivity contribution in [3.63, 3.8) is 0 Å². The molecule has 3 atom stereocenters. The second-order valence-electron chi connectivity index (χ2n) is 10.2. The first-order chi connectivity index (χ1) is 16.7. The van der Waals surface area contributed by atoms with Crippen LogP contribution in [0, 0.1) is 19.8 Å². The maximum atomic E-state index is 13.0. The molecular formula is C25H42N4O3S3. The monoisotopic (exact) mass is 542 g/mol. The van der Waals surface area contributed by atoms with Gasteiger partial charge >= 0.3 is 0 Å². The van der Waals surface area contributed by atoms with Crippen LogP contribution in [0.1, 0.15) is 44.7 Å². The maximum absolute atomic E-state index is 13.0. The fourth-order valence-electron chi connectivity index (χ4n) is 5.40. The lowest BCUT2D eigenvalue weighted by Gasteiger charge is -2.36. The van der Waals surface area contributed by atoms with Crippen molar-refractivity contribution in [2.75, 3.05) is 45.1 Å². The van der Waals surface area contributed by atoms with Crippen molar-refractivity contribution >= 4 is 33.5 Å². The summed E-state index contributed by atoms with van der Waals surface area (Å²) in [6.07, 6.45) is 2.06. The molecule has 0 aliphatic carbocycles. The number of nitrogens with one attached hydrogen (secondary N) is 2. The van der Waals surface area contributed by atoms with Gasteiger partial charge in [-0.3, -0.25) is 10.2 Å². The zero-order valence-electron chi connectivity index (χ0n) is 21.7. The van der Waals surface area contributed by atoms with Crippen LogP contribution in [-0.2, 0) is 10.0 Å². The first kappa shape index (κ1) is 27.5. The van der Waals surface area contributed by atoms with Gasteiger partial charge in [0.2, 0.25) is 10.0 Å². The van der Waals surface area contributed by atoms with Gasteiger partial charge in [-0.1, -0.05) is 13.8 Å². The number of hydrogen-bond acceptors (Lipinski definition) is 8. The van der Waals surface area contributed by atoms with Crippen molar-refractivity contribution in [3.8, 4) is 5.75 Å². The summed E-state index contributed by atoms with van der Waals surface area (Å²) < 4.78 is 34.5. The van der Waals surface area contributed by atoms with Crippen molar-refractivity contribution < 1.29 is 13.2 Å². The normalized spacial score (nSPS) is 26.5. The van der Waals surface area contributed by atoms with Gasteiger partial charge in [-0.15, -0.1) is 23.5 Å². The van der Waals surface area contributed by atoms with Crippen LogP contribution in [0.4, 0.5) is 0 Å². The van der Waals surface area contributed by atoms with Crippen LogP contribution in [-0.4, -0.2) is 85.5 Å². The largest absolute Gasteiger partial charge is 0.493 e. The molecule has 3 saturated heterocycles. The fourth-order valence-corrected chi connectivity index (χ4v) is 9.23. The zero-order valence-corrected chi connectivity index (χ0v) is 24.2. The van der Waals surface area contributed by atoms with Gasteiger partial charge in [-0.05, 0) is 75.9 Å². The third kappa shape index (κ3) is 6.69. The average molecular weight is 543 g/mol. The molecule has 1 aromatic rings. The molecule has 0 spiro atoms. The summed E-state index contributed by atoms with van der Waals surface area (Å²) in [7, 11) is -3.54. The van der Waals surface area contributed by atoms with Crippen LogP contribution >= 0.6 is 23.5 Å². The predicted molar refractivity (Wildman–Crippen MR) is 148 cm³/mol. The first-order valence-electron chi connectivity index (χ1n) is 12.9. The molecule has 0 bridgehead atoms. The molecule has 0 saturated carbocycles. The van der Waals surface area contributed by atoms with Crippen molar-refractivity contribution in [1.29, 1.82) is 0 Å². The number of likely N-dealkylation sites (tertiary alicyclic amines) is 1. The lowest BCUT2D eigenvalue weighted by Crippen LogP contribution is -2.48. The Labute approximate surface area is 220 Å². The Morgan fingerprint density at radius 1 is 1.20 bits per heavy atom. The minimum Gasteiger partial charge on any atom is -0.493 e. The van der Waals surface area contributed by atoms with Gasteiger partial charge in [-0.25, -0.2) is 13.1 Å². The van der Waals surface area contributed by atoms with Crippen LogP contribution in [0.5, 0.6) is 5.75 Å². The Hall–Kier alpha value is -0.490. The first-order valence-corrected chi connectivity index (χ1v) is 16.4. The molecule has 3 heterocycles. The van der Waals surface area contributed by atoms with Gasteiger partial charge in [0, 0.05) is 36.7 Å². The van der Waals surface area contributed by atoms with Crippen molar-refractivity contribution in [1.82, 2.24) is 19.8 Å². The molecule has 3 aliphatic rings. The SMILES string of the molecule is CCOc1c(C)cc(S(=O)(=O)NCC2CCN(CC3C(SC(C)C)NC4SCCN43)CC2)cc1C. The number of hydrogen-bond donors (Lipinski definition) is 2. The van der Waals surface area contributed by atoms with E-state index in [9.17, 15) is 8.42 Å². The lowest BCUT2D eigenvalue weighted by atomic mass is 9.97. The summed E-state index contributed by atoms with van der Waals surface area (Å²) in [6.45, 7) is 15.7. The molecule has 3 aliphatic heterocycles. The molecule has 198 valence electrons. The molecule has 0 radical (unpaired) electrons. The highest BCUT2D eigenvalue weighted by Crippen LogP contribution is 2.37. The number of sulfonamides is 1. The molecule has 7 nitrogen and oxygen atoms in total. The molecule has 0 aromatic heterocycles. The smallest absolute Gasteiger partial charge is 0.240 e. The summed E-state index contributed by atoms with van der Waals surface area (Å²) in [5.41, 5.74) is 2.18. The lowest BCUT2D eigenvalue weighted by molar-refractivity contribution is 0.137. The van der Waals surface area contributed by atoms with E-state index in [0.29, 0.717) is 46.1 Å². The van der Waals surface area contributed by atoms with Crippen LogP contribution in [0.3, 0.4) is 0 Å². The molecule has 3 fully saturated rings. The van der Waals surface area contributed by atoms with Crippen LogP contribution in [0.15, 0.2) is 17.0 Å². The Morgan fingerprint density at radius 2 is 1.89 bits per heavy atom. The number of piperidine rings is 1. The van der Waals surface area contributed by atoms with Gasteiger partial charge < -0.3 is 9.64 Å². The third-order valence-electron chi connectivity index (χ3n) is 7.17. The van der Waals surface area contributed by atoms with Gasteiger partial charge in [0.15, 0.2) is 0 Å². The molecule has 0 amide bonds. The van der Waals surface area contributed by atoms with Crippen LogP contribution < -0.4 is 14.8 Å². The number of thioether (sulfide) groups is 2. The van der Waals surface area contributed by atoms with Crippen molar-refractivity contribution in [2.45, 2.75) is 74.5 Å². The van der Waals surface area contributed by atoms with E-state index in [4.69, 9.17) is 4.74 Å². The number of nitrogens with zero attached hydrogens (tertiary/aromatic N) is 2. The number of ether oxygens (including phenoxy) is 1. The number of aryl methyl sites for hydroxylation is 2. The minimum absolute atomic E-state index is 0.328. The maximum Gasteiger partial charge on any atom is 0.240 e. The van der Waals surface area contributed by atoms with E-state index in [1.165, 1.54) is 12.3 Å². The standard InChI is InChI=1S/C25H42N4O3S3/c1-6-32-23-18(4)13-21(14-19(23)5)35(30,31)26-15-20-7-9-28(10-8-20)16-22-24(34-17(2)3)27-25-29(22)11-12-33-25/h13-14,17,20,22,24-27H,6-12,15-16H2,1-5H3. The summed E-state index contributed by atoms with van der Waals surface area (Å²) in [5, 5.41) is 4.94. The second kappa shape index (κ2) is 11.9. The fraction of sp³-hybridized carbons (Fsp3) is 0.760. The van der Waals surface area contributed by atoms with Gasteiger partial charge in [0.1, 0.15) is 11.2 Å². The number of fused-ring (bicyclic) bond motifs is 1. The van der Waals surface area contributed by atoms with E-state index in [2.05, 4.69) is 45.4 Å². The summed E-state index contributed by atoms with van der Waals surface area (Å²) >= 11 is 4.09. The Balaban J connectivity index is 1.28. The second-order valence-corrected chi connectivity index (χ2v) is 14.9. The van der Waals surface area contributed by atoms with Crippen molar-refractivity contribution in [2.24, 2.45) is 5.92 Å². The van der Waals surface area contributed by atoms with Gasteiger partial charge in [0.25, 0.3) is 0 Å². The Kier molecular flexibility index (Phi) is 9.38. The average Bonchev–Trinajstić information content (AvgIpc) is 3.38.